The summed E-state index contributed by atoms with van der Waals surface area (Å²) in [5, 5.41) is 10.7. The Morgan fingerprint density at radius 1 is 1.64 bits per heavy atom. The van der Waals surface area contributed by atoms with Crippen LogP contribution < -0.4 is 5.32 Å². The van der Waals surface area contributed by atoms with Gasteiger partial charge in [-0.25, -0.2) is 0 Å². The van der Waals surface area contributed by atoms with Gasteiger partial charge in [-0.1, -0.05) is 6.92 Å². The molecule has 1 aromatic heterocycles. The summed E-state index contributed by atoms with van der Waals surface area (Å²) in [7, 11) is 0. The molecule has 0 aliphatic carbocycles. The number of anilines is 1. The standard InChI is InChI=1S/C10H17N3O/c1-3-9-7(2)10(13-12-9)11-8-4-5-14-6-8/h8H,3-6H2,1-2H3,(H2,11,12,13). The van der Waals surface area contributed by atoms with E-state index in [0.717, 1.165) is 31.9 Å². The zero-order chi connectivity index (χ0) is 9.97. The molecule has 2 heterocycles. The second kappa shape index (κ2) is 4.00. The van der Waals surface area contributed by atoms with Crippen LogP contribution in [0, 0.1) is 6.92 Å². The number of rotatable bonds is 3. The van der Waals surface area contributed by atoms with Crippen LogP contribution in [0.25, 0.3) is 0 Å². The Hall–Kier alpha value is -1.03. The minimum Gasteiger partial charge on any atom is -0.379 e. The second-order valence-corrected chi connectivity index (χ2v) is 3.73. The van der Waals surface area contributed by atoms with Crippen LogP contribution in [-0.2, 0) is 11.2 Å². The average Bonchev–Trinajstić information content (AvgIpc) is 2.79. The molecule has 1 aromatic rings. The third-order valence-electron chi connectivity index (χ3n) is 2.73. The summed E-state index contributed by atoms with van der Waals surface area (Å²) < 4.78 is 5.30. The van der Waals surface area contributed by atoms with Gasteiger partial charge in [0.15, 0.2) is 5.82 Å². The first-order valence-electron chi connectivity index (χ1n) is 5.19. The normalized spacial score (nSPS) is 21.4. The van der Waals surface area contributed by atoms with Gasteiger partial charge in [0.2, 0.25) is 0 Å². The van der Waals surface area contributed by atoms with Crippen molar-refractivity contribution >= 4 is 5.82 Å². The van der Waals surface area contributed by atoms with Gasteiger partial charge in [0.05, 0.1) is 12.6 Å². The van der Waals surface area contributed by atoms with Gasteiger partial charge in [-0.15, -0.1) is 0 Å². The number of hydrogen-bond acceptors (Lipinski definition) is 3. The fourth-order valence-corrected chi connectivity index (χ4v) is 1.76. The second-order valence-electron chi connectivity index (χ2n) is 3.73. The SMILES string of the molecule is CCc1[nH]nc(NC2CCOC2)c1C. The molecule has 0 spiro atoms. The highest BCUT2D eigenvalue weighted by molar-refractivity contribution is 5.46. The van der Waals surface area contributed by atoms with Crippen molar-refractivity contribution in [2.75, 3.05) is 18.5 Å². The van der Waals surface area contributed by atoms with Crippen molar-refractivity contribution in [3.63, 3.8) is 0 Å². The maximum absolute atomic E-state index is 5.30. The van der Waals surface area contributed by atoms with Crippen LogP contribution in [0.3, 0.4) is 0 Å². The lowest BCUT2D eigenvalue weighted by molar-refractivity contribution is 0.195. The third-order valence-corrected chi connectivity index (χ3v) is 2.73. The molecule has 2 N–H and O–H groups in total. The largest absolute Gasteiger partial charge is 0.379 e. The van der Waals surface area contributed by atoms with Gasteiger partial charge in [0.25, 0.3) is 0 Å². The van der Waals surface area contributed by atoms with Gasteiger partial charge in [-0.3, -0.25) is 5.10 Å². The number of H-pyrrole nitrogens is 1. The molecular formula is C10H17N3O. The molecule has 0 radical (unpaired) electrons. The lowest BCUT2D eigenvalue weighted by Gasteiger charge is -2.09. The summed E-state index contributed by atoms with van der Waals surface area (Å²) in [5.41, 5.74) is 2.45. The molecule has 0 saturated carbocycles. The van der Waals surface area contributed by atoms with Crippen LogP contribution in [0.15, 0.2) is 0 Å². The maximum Gasteiger partial charge on any atom is 0.151 e. The highest BCUT2D eigenvalue weighted by Gasteiger charge is 2.17. The number of ether oxygens (including phenoxy) is 1. The van der Waals surface area contributed by atoms with E-state index in [1.54, 1.807) is 0 Å². The molecule has 1 aliphatic heterocycles. The zero-order valence-corrected chi connectivity index (χ0v) is 8.76. The first-order valence-corrected chi connectivity index (χ1v) is 5.19. The number of aromatic amines is 1. The summed E-state index contributed by atoms with van der Waals surface area (Å²) in [6.45, 7) is 5.89. The van der Waals surface area contributed by atoms with Crippen LogP contribution in [0.5, 0.6) is 0 Å². The lowest BCUT2D eigenvalue weighted by atomic mass is 10.2. The Morgan fingerprint density at radius 2 is 2.50 bits per heavy atom. The Labute approximate surface area is 84.0 Å². The smallest absolute Gasteiger partial charge is 0.151 e. The van der Waals surface area contributed by atoms with E-state index in [-0.39, 0.29) is 0 Å². The first kappa shape index (κ1) is 9.52. The van der Waals surface area contributed by atoms with E-state index >= 15 is 0 Å². The van der Waals surface area contributed by atoms with Gasteiger partial charge in [0, 0.05) is 17.9 Å². The van der Waals surface area contributed by atoms with Crippen molar-refractivity contribution in [2.45, 2.75) is 32.7 Å². The number of aryl methyl sites for hydroxylation is 1. The summed E-state index contributed by atoms with van der Waals surface area (Å²) in [6.07, 6.45) is 2.08. The summed E-state index contributed by atoms with van der Waals surface area (Å²) in [5.74, 6) is 0.984. The van der Waals surface area contributed by atoms with Gasteiger partial charge in [-0.05, 0) is 19.8 Å². The molecule has 1 aliphatic rings. The third kappa shape index (κ3) is 1.75. The molecule has 4 heteroatoms. The number of hydrogen-bond donors (Lipinski definition) is 2. The van der Waals surface area contributed by atoms with E-state index in [9.17, 15) is 0 Å². The average molecular weight is 195 g/mol. The lowest BCUT2D eigenvalue weighted by Crippen LogP contribution is -2.19. The molecular weight excluding hydrogens is 178 g/mol. The predicted molar refractivity (Wildman–Crippen MR) is 55.5 cm³/mol. The van der Waals surface area contributed by atoms with E-state index in [2.05, 4.69) is 29.4 Å². The Balaban J connectivity index is 2.04. The fourth-order valence-electron chi connectivity index (χ4n) is 1.76. The van der Waals surface area contributed by atoms with Gasteiger partial charge >= 0.3 is 0 Å². The van der Waals surface area contributed by atoms with E-state index in [0.29, 0.717) is 6.04 Å². The highest BCUT2D eigenvalue weighted by atomic mass is 16.5. The quantitative estimate of drug-likeness (QED) is 0.768. The molecule has 14 heavy (non-hydrogen) atoms. The van der Waals surface area contributed by atoms with Gasteiger partial charge in [-0.2, -0.15) is 5.10 Å². The minimum atomic E-state index is 0.432. The van der Waals surface area contributed by atoms with E-state index < -0.39 is 0 Å². The van der Waals surface area contributed by atoms with Gasteiger partial charge in [0.1, 0.15) is 0 Å². The molecule has 1 atom stereocenters. The predicted octanol–water partition coefficient (Wildman–Crippen LogP) is 1.48. The van der Waals surface area contributed by atoms with Crippen molar-refractivity contribution in [2.24, 2.45) is 0 Å². The Morgan fingerprint density at radius 3 is 3.07 bits per heavy atom. The van der Waals surface area contributed by atoms with Crippen molar-refractivity contribution in [1.29, 1.82) is 0 Å². The molecule has 4 nitrogen and oxygen atoms in total. The number of nitrogens with zero attached hydrogens (tertiary/aromatic N) is 1. The molecule has 0 aromatic carbocycles. The van der Waals surface area contributed by atoms with E-state index in [1.807, 2.05) is 0 Å². The van der Waals surface area contributed by atoms with Crippen molar-refractivity contribution in [1.82, 2.24) is 10.2 Å². The monoisotopic (exact) mass is 195 g/mol. The van der Waals surface area contributed by atoms with Crippen LogP contribution in [0.1, 0.15) is 24.6 Å². The minimum absolute atomic E-state index is 0.432. The Bertz CT molecular complexity index is 302. The van der Waals surface area contributed by atoms with Crippen LogP contribution >= 0.6 is 0 Å². The molecule has 2 rings (SSSR count). The van der Waals surface area contributed by atoms with Crippen LogP contribution in [0.2, 0.25) is 0 Å². The summed E-state index contributed by atoms with van der Waals surface area (Å²) in [6, 6.07) is 0.432. The molecule has 1 fully saturated rings. The molecule has 1 unspecified atom stereocenters. The Kier molecular flexibility index (Phi) is 2.72. The van der Waals surface area contributed by atoms with Crippen molar-refractivity contribution in [3.05, 3.63) is 11.3 Å². The first-order chi connectivity index (χ1) is 6.81. The fraction of sp³-hybridized carbons (Fsp3) is 0.700. The van der Waals surface area contributed by atoms with Crippen LogP contribution in [-0.4, -0.2) is 29.5 Å². The molecule has 0 bridgehead atoms. The van der Waals surface area contributed by atoms with E-state index in [4.69, 9.17) is 4.74 Å². The molecule has 78 valence electrons. The van der Waals surface area contributed by atoms with Gasteiger partial charge < -0.3 is 10.1 Å². The highest BCUT2D eigenvalue weighted by Crippen LogP contribution is 2.18. The molecule has 0 amide bonds. The zero-order valence-electron chi connectivity index (χ0n) is 8.76. The van der Waals surface area contributed by atoms with Crippen molar-refractivity contribution < 1.29 is 4.74 Å². The number of aromatic nitrogens is 2. The molecule has 1 saturated heterocycles. The van der Waals surface area contributed by atoms with Crippen LogP contribution in [0.4, 0.5) is 5.82 Å². The summed E-state index contributed by atoms with van der Waals surface area (Å²) >= 11 is 0. The van der Waals surface area contributed by atoms with Crippen molar-refractivity contribution in [3.8, 4) is 0 Å². The maximum atomic E-state index is 5.30. The summed E-state index contributed by atoms with van der Waals surface area (Å²) in [4.78, 5) is 0. The topological polar surface area (TPSA) is 49.9 Å². The van der Waals surface area contributed by atoms with E-state index in [1.165, 1.54) is 11.3 Å². The number of nitrogens with one attached hydrogen (secondary N) is 2.